The van der Waals surface area contributed by atoms with Crippen molar-refractivity contribution in [3.63, 3.8) is 0 Å². The van der Waals surface area contributed by atoms with Gasteiger partial charge in [-0.3, -0.25) is 4.79 Å². The first-order chi connectivity index (χ1) is 9.20. The van der Waals surface area contributed by atoms with E-state index < -0.39 is 0 Å². The van der Waals surface area contributed by atoms with Crippen molar-refractivity contribution in [2.75, 3.05) is 12.3 Å². The second-order valence-electron chi connectivity index (χ2n) is 4.12. The molecule has 0 spiro atoms. The van der Waals surface area contributed by atoms with Crippen LogP contribution in [-0.4, -0.2) is 17.4 Å². The lowest BCUT2D eigenvalue weighted by molar-refractivity contribution is 0.0988. The molecule has 4 nitrogen and oxygen atoms in total. The molecule has 1 aromatic carbocycles. The highest BCUT2D eigenvalue weighted by Crippen LogP contribution is 2.21. The number of anilines is 1. The van der Waals surface area contributed by atoms with Gasteiger partial charge in [-0.2, -0.15) is 0 Å². The van der Waals surface area contributed by atoms with E-state index in [2.05, 4.69) is 4.98 Å². The minimum absolute atomic E-state index is 0.00277. The Balaban J connectivity index is 2.14. The molecule has 2 aromatic rings. The molecule has 0 bridgehead atoms. The molecule has 0 radical (unpaired) electrons. The Labute approximate surface area is 116 Å². The zero-order chi connectivity index (χ0) is 13.7. The SMILES string of the molecule is CCCOc1ccccc1C(=O)Cc1csc(N)n1. The van der Waals surface area contributed by atoms with Gasteiger partial charge in [0.05, 0.1) is 24.3 Å². The molecule has 1 aromatic heterocycles. The molecule has 1 heterocycles. The molecule has 0 aliphatic carbocycles. The summed E-state index contributed by atoms with van der Waals surface area (Å²) in [6.07, 6.45) is 1.16. The first-order valence-corrected chi connectivity index (χ1v) is 7.03. The fourth-order valence-corrected chi connectivity index (χ4v) is 2.26. The molecule has 0 aliphatic rings. The van der Waals surface area contributed by atoms with Gasteiger partial charge in [-0.15, -0.1) is 11.3 Å². The second kappa shape index (κ2) is 6.33. The molecule has 0 saturated heterocycles. The third-order valence-corrected chi connectivity index (χ3v) is 3.28. The van der Waals surface area contributed by atoms with Crippen molar-refractivity contribution < 1.29 is 9.53 Å². The van der Waals surface area contributed by atoms with Crippen molar-refractivity contribution in [2.24, 2.45) is 0 Å². The number of thiazole rings is 1. The highest BCUT2D eigenvalue weighted by Gasteiger charge is 2.14. The summed E-state index contributed by atoms with van der Waals surface area (Å²) in [5.74, 6) is 0.634. The quantitative estimate of drug-likeness (QED) is 0.824. The van der Waals surface area contributed by atoms with Crippen molar-refractivity contribution in [3.8, 4) is 5.75 Å². The van der Waals surface area contributed by atoms with E-state index in [0.29, 0.717) is 28.7 Å². The van der Waals surface area contributed by atoms with Gasteiger partial charge >= 0.3 is 0 Å². The number of nitrogens with zero attached hydrogens (tertiary/aromatic N) is 1. The average molecular weight is 276 g/mol. The first kappa shape index (κ1) is 13.5. The van der Waals surface area contributed by atoms with Crippen LogP contribution in [0, 0.1) is 0 Å². The highest BCUT2D eigenvalue weighted by molar-refractivity contribution is 7.13. The lowest BCUT2D eigenvalue weighted by Crippen LogP contribution is -2.07. The molecule has 0 atom stereocenters. The van der Waals surface area contributed by atoms with E-state index in [1.165, 1.54) is 11.3 Å². The number of ketones is 1. The Bertz CT molecular complexity index is 566. The van der Waals surface area contributed by atoms with Crippen LogP contribution in [0.25, 0.3) is 0 Å². The third kappa shape index (κ3) is 3.54. The number of para-hydroxylation sites is 1. The molecule has 0 fully saturated rings. The minimum atomic E-state index is -0.00277. The van der Waals surface area contributed by atoms with Crippen molar-refractivity contribution >= 4 is 22.3 Å². The summed E-state index contributed by atoms with van der Waals surface area (Å²) in [5.41, 5.74) is 6.87. The van der Waals surface area contributed by atoms with Gasteiger partial charge in [0.25, 0.3) is 0 Å². The Kier molecular flexibility index (Phi) is 4.52. The second-order valence-corrected chi connectivity index (χ2v) is 5.01. The smallest absolute Gasteiger partial charge is 0.180 e. The van der Waals surface area contributed by atoms with Gasteiger partial charge in [0, 0.05) is 5.38 Å². The van der Waals surface area contributed by atoms with Crippen LogP contribution in [0.1, 0.15) is 29.4 Å². The molecular weight excluding hydrogens is 260 g/mol. The topological polar surface area (TPSA) is 65.2 Å². The predicted molar refractivity (Wildman–Crippen MR) is 76.8 cm³/mol. The number of nitrogens with two attached hydrogens (primary N) is 1. The van der Waals surface area contributed by atoms with E-state index in [9.17, 15) is 4.79 Å². The first-order valence-electron chi connectivity index (χ1n) is 6.15. The van der Waals surface area contributed by atoms with Gasteiger partial charge in [0.15, 0.2) is 10.9 Å². The standard InChI is InChI=1S/C14H16N2O2S/c1-2-7-18-13-6-4-3-5-11(13)12(17)8-10-9-19-14(15)16-10/h3-6,9H,2,7-8H2,1H3,(H2,15,16). The predicted octanol–water partition coefficient (Wildman–Crippen LogP) is 2.94. The summed E-state index contributed by atoms with van der Waals surface area (Å²) in [7, 11) is 0. The van der Waals surface area contributed by atoms with Gasteiger partial charge in [0.1, 0.15) is 5.75 Å². The van der Waals surface area contributed by atoms with Crippen LogP contribution in [0.2, 0.25) is 0 Å². The van der Waals surface area contributed by atoms with Crippen molar-refractivity contribution in [3.05, 3.63) is 40.9 Å². The van der Waals surface area contributed by atoms with Gasteiger partial charge in [-0.25, -0.2) is 4.98 Å². The Morgan fingerprint density at radius 3 is 2.89 bits per heavy atom. The zero-order valence-electron chi connectivity index (χ0n) is 10.8. The number of hydrogen-bond acceptors (Lipinski definition) is 5. The largest absolute Gasteiger partial charge is 0.493 e. The maximum atomic E-state index is 12.3. The zero-order valence-corrected chi connectivity index (χ0v) is 11.6. The lowest BCUT2D eigenvalue weighted by atomic mass is 10.1. The minimum Gasteiger partial charge on any atom is -0.493 e. The fraction of sp³-hybridized carbons (Fsp3) is 0.286. The van der Waals surface area contributed by atoms with E-state index in [1.807, 2.05) is 30.5 Å². The van der Waals surface area contributed by atoms with E-state index in [1.54, 1.807) is 6.07 Å². The van der Waals surface area contributed by atoms with Gasteiger partial charge in [0.2, 0.25) is 0 Å². The summed E-state index contributed by atoms with van der Waals surface area (Å²) >= 11 is 1.34. The number of aromatic nitrogens is 1. The average Bonchev–Trinajstić information content (AvgIpc) is 2.82. The van der Waals surface area contributed by atoms with E-state index in [4.69, 9.17) is 10.5 Å². The van der Waals surface area contributed by atoms with Crippen LogP contribution in [-0.2, 0) is 6.42 Å². The number of nitrogen functional groups attached to an aromatic ring is 1. The number of ether oxygens (including phenoxy) is 1. The normalized spacial score (nSPS) is 10.4. The summed E-state index contributed by atoms with van der Waals surface area (Å²) < 4.78 is 5.59. The van der Waals surface area contributed by atoms with Crippen molar-refractivity contribution in [1.29, 1.82) is 0 Å². The number of benzene rings is 1. The molecule has 0 amide bonds. The Morgan fingerprint density at radius 2 is 2.21 bits per heavy atom. The molecular formula is C14H16N2O2S. The van der Waals surface area contributed by atoms with E-state index in [-0.39, 0.29) is 12.2 Å². The maximum Gasteiger partial charge on any atom is 0.180 e. The van der Waals surface area contributed by atoms with Crippen LogP contribution in [0.15, 0.2) is 29.6 Å². The van der Waals surface area contributed by atoms with Crippen LogP contribution < -0.4 is 10.5 Å². The maximum absolute atomic E-state index is 12.3. The molecule has 0 aliphatic heterocycles. The van der Waals surface area contributed by atoms with Crippen molar-refractivity contribution in [2.45, 2.75) is 19.8 Å². The summed E-state index contributed by atoms with van der Waals surface area (Å²) in [6, 6.07) is 7.30. The molecule has 100 valence electrons. The van der Waals surface area contributed by atoms with Crippen LogP contribution in [0.5, 0.6) is 5.75 Å². The van der Waals surface area contributed by atoms with E-state index >= 15 is 0 Å². The molecule has 2 rings (SSSR count). The van der Waals surface area contributed by atoms with Crippen LogP contribution in [0.3, 0.4) is 0 Å². The number of carbonyl (C=O) groups is 1. The number of rotatable bonds is 6. The molecule has 0 unspecified atom stereocenters. The lowest BCUT2D eigenvalue weighted by Gasteiger charge is -2.09. The van der Waals surface area contributed by atoms with E-state index in [0.717, 1.165) is 6.42 Å². The summed E-state index contributed by atoms with van der Waals surface area (Å²) in [5, 5.41) is 2.29. The summed E-state index contributed by atoms with van der Waals surface area (Å²) in [6.45, 7) is 2.64. The summed E-state index contributed by atoms with van der Waals surface area (Å²) in [4.78, 5) is 16.4. The molecule has 2 N–H and O–H groups in total. The van der Waals surface area contributed by atoms with Crippen molar-refractivity contribution in [1.82, 2.24) is 4.98 Å². The Morgan fingerprint density at radius 1 is 1.42 bits per heavy atom. The number of hydrogen-bond donors (Lipinski definition) is 1. The van der Waals surface area contributed by atoms with Crippen LogP contribution in [0.4, 0.5) is 5.13 Å². The Hall–Kier alpha value is -1.88. The van der Waals surface area contributed by atoms with Gasteiger partial charge in [-0.05, 0) is 18.6 Å². The van der Waals surface area contributed by atoms with Gasteiger partial charge < -0.3 is 10.5 Å². The number of Topliss-reactive ketones (excluding diaryl/α,β-unsaturated/α-hetero) is 1. The fourth-order valence-electron chi connectivity index (χ4n) is 1.70. The highest BCUT2D eigenvalue weighted by atomic mass is 32.1. The molecule has 0 saturated carbocycles. The monoisotopic (exact) mass is 276 g/mol. The number of carbonyl (C=O) groups excluding carboxylic acids is 1. The molecule has 19 heavy (non-hydrogen) atoms. The molecule has 5 heteroatoms. The third-order valence-electron chi connectivity index (χ3n) is 2.56. The van der Waals surface area contributed by atoms with Crippen LogP contribution >= 0.6 is 11.3 Å². The van der Waals surface area contributed by atoms with Gasteiger partial charge in [-0.1, -0.05) is 19.1 Å².